The average Bonchev–Trinajstić information content (AvgIpc) is 3.71. The number of ether oxygens (including phenoxy) is 1. The number of aryl methyl sites for hydroxylation is 2. The van der Waals surface area contributed by atoms with Crippen molar-refractivity contribution in [1.82, 2.24) is 30.0 Å². The molecule has 2 aromatic carbocycles. The molecule has 0 bridgehead atoms. The van der Waals surface area contributed by atoms with Crippen molar-refractivity contribution in [2.75, 3.05) is 18.0 Å². The Bertz CT molecular complexity index is 2410. The third-order valence-corrected chi connectivity index (χ3v) is 14.4. The second-order valence-electron chi connectivity index (χ2n) is 16.8. The van der Waals surface area contributed by atoms with Crippen LogP contribution in [0.15, 0.2) is 59.9 Å². The molecule has 0 radical (unpaired) electrons. The van der Waals surface area contributed by atoms with Crippen molar-refractivity contribution < 1.29 is 9.53 Å². The molecule has 298 valence electrons. The van der Waals surface area contributed by atoms with E-state index in [9.17, 15) is 4.79 Å². The minimum absolute atomic E-state index is 0.0460. The molecule has 3 fully saturated rings. The molecular weight excluding hydrogens is 766 g/mol. The molecule has 4 aliphatic rings. The van der Waals surface area contributed by atoms with Crippen molar-refractivity contribution in [2.45, 2.75) is 104 Å². The number of piperidine rings is 1. The highest BCUT2D eigenvalue weighted by molar-refractivity contribution is 7.15. The Hall–Kier alpha value is -5.12. The smallest absolute Gasteiger partial charge is 0.254 e. The molecule has 9 rings (SSSR count). The number of fused-ring (bicyclic) bond motifs is 3. The highest BCUT2D eigenvalue weighted by Gasteiger charge is 2.45. The van der Waals surface area contributed by atoms with Crippen LogP contribution in [0, 0.1) is 43.4 Å². The van der Waals surface area contributed by atoms with Gasteiger partial charge in [-0.05, 0) is 120 Å². The van der Waals surface area contributed by atoms with E-state index in [0.717, 1.165) is 81.0 Å². The summed E-state index contributed by atoms with van der Waals surface area (Å²) in [6.07, 6.45) is 12.6. The molecule has 58 heavy (non-hydrogen) atoms. The summed E-state index contributed by atoms with van der Waals surface area (Å²) in [5.41, 5.74) is 7.39. The van der Waals surface area contributed by atoms with Gasteiger partial charge in [-0.1, -0.05) is 35.9 Å². The molecule has 2 aliphatic carbocycles. The number of rotatable bonds is 8. The summed E-state index contributed by atoms with van der Waals surface area (Å²) in [6, 6.07) is 16.3. The van der Waals surface area contributed by atoms with Crippen LogP contribution < -0.4 is 15.0 Å². The van der Waals surface area contributed by atoms with E-state index in [1.54, 1.807) is 41.9 Å². The van der Waals surface area contributed by atoms with Crippen molar-refractivity contribution in [2.24, 2.45) is 16.3 Å². The standard InChI is InChI=1S/C45H48ClN9O2S/c1-26-28(3)58-43-39(26)40(50-27(2)41-53-52-29(4)55(41)43)32-7-5-30(6-8-32)19-31-21-45(22-31)15-17-54(18-16-45)44-48-24-34(25-49-44)42(56)51-35-10-13-36(14-11-35)57-37-12-9-33(23-47)38(46)20-37/h5-9,12,20,24-25,27,31,35-36H,10-11,13-19,21-22H2,1-4H3,(H,51,56)/t27-,35?,36?/m0/s1. The Kier molecular flexibility index (Phi) is 10.3. The number of aromatic nitrogens is 5. The van der Waals surface area contributed by atoms with E-state index in [1.165, 1.54) is 39.4 Å². The highest BCUT2D eigenvalue weighted by atomic mass is 35.5. The van der Waals surface area contributed by atoms with Crippen LogP contribution in [0.3, 0.4) is 0 Å². The predicted molar refractivity (Wildman–Crippen MR) is 227 cm³/mol. The molecule has 1 spiro atoms. The van der Waals surface area contributed by atoms with Crippen LogP contribution in [0.1, 0.15) is 119 Å². The lowest BCUT2D eigenvalue weighted by molar-refractivity contribution is 0.0280. The number of nitrogens with zero attached hydrogens (tertiary/aromatic N) is 8. The number of carbonyl (C=O) groups excluding carboxylic acids is 1. The van der Waals surface area contributed by atoms with Crippen molar-refractivity contribution in [3.8, 4) is 16.8 Å². The number of halogens is 1. The summed E-state index contributed by atoms with van der Waals surface area (Å²) in [7, 11) is 0. The number of nitrogens with one attached hydrogen (secondary N) is 1. The highest BCUT2D eigenvalue weighted by Crippen LogP contribution is 2.53. The fraction of sp³-hybridized carbons (Fsp3) is 0.444. The molecule has 11 nitrogen and oxygen atoms in total. The summed E-state index contributed by atoms with van der Waals surface area (Å²) in [4.78, 5) is 31.1. The zero-order chi connectivity index (χ0) is 40.1. The maximum Gasteiger partial charge on any atom is 0.254 e. The van der Waals surface area contributed by atoms with Crippen molar-refractivity contribution >= 4 is 40.5 Å². The molecule has 3 aromatic heterocycles. The third-order valence-electron chi connectivity index (χ3n) is 12.9. The monoisotopic (exact) mass is 813 g/mol. The minimum Gasteiger partial charge on any atom is -0.490 e. The van der Waals surface area contributed by atoms with E-state index in [0.29, 0.717) is 39.2 Å². The van der Waals surface area contributed by atoms with Gasteiger partial charge in [-0.25, -0.2) is 9.97 Å². The molecule has 2 saturated carbocycles. The number of anilines is 1. The Morgan fingerprint density at radius 2 is 1.74 bits per heavy atom. The van der Waals surface area contributed by atoms with Crippen LogP contribution in [0.25, 0.3) is 5.00 Å². The predicted octanol–water partition coefficient (Wildman–Crippen LogP) is 8.84. The first kappa shape index (κ1) is 38.4. The van der Waals surface area contributed by atoms with Crippen LogP contribution in [-0.2, 0) is 6.42 Å². The van der Waals surface area contributed by atoms with Gasteiger partial charge in [-0.3, -0.25) is 14.4 Å². The van der Waals surface area contributed by atoms with Crippen molar-refractivity contribution in [3.63, 3.8) is 0 Å². The van der Waals surface area contributed by atoms with Gasteiger partial charge in [-0.15, -0.1) is 21.5 Å². The van der Waals surface area contributed by atoms with E-state index >= 15 is 0 Å². The van der Waals surface area contributed by atoms with Gasteiger partial charge in [0, 0.05) is 53.6 Å². The fourth-order valence-electron chi connectivity index (χ4n) is 9.56. The second kappa shape index (κ2) is 15.6. The summed E-state index contributed by atoms with van der Waals surface area (Å²) in [5.74, 6) is 3.72. The van der Waals surface area contributed by atoms with E-state index in [4.69, 9.17) is 26.6 Å². The zero-order valence-electron chi connectivity index (χ0n) is 33.5. The van der Waals surface area contributed by atoms with Crippen molar-refractivity contribution in [3.05, 3.63) is 110 Å². The third kappa shape index (κ3) is 7.39. The van der Waals surface area contributed by atoms with Crippen LogP contribution in [0.4, 0.5) is 5.95 Å². The Morgan fingerprint density at radius 3 is 2.43 bits per heavy atom. The number of carbonyl (C=O) groups is 1. The van der Waals surface area contributed by atoms with Gasteiger partial charge in [-0.2, -0.15) is 5.26 Å². The van der Waals surface area contributed by atoms with Gasteiger partial charge in [0.25, 0.3) is 5.91 Å². The van der Waals surface area contributed by atoms with Crippen LogP contribution in [0.2, 0.25) is 5.02 Å². The van der Waals surface area contributed by atoms with E-state index in [1.807, 2.05) is 6.92 Å². The molecule has 2 aliphatic heterocycles. The number of hydrogen-bond acceptors (Lipinski definition) is 10. The quantitative estimate of drug-likeness (QED) is 0.164. The summed E-state index contributed by atoms with van der Waals surface area (Å²) in [6.45, 7) is 10.4. The van der Waals surface area contributed by atoms with Crippen LogP contribution >= 0.6 is 22.9 Å². The first-order chi connectivity index (χ1) is 28.1. The second-order valence-corrected chi connectivity index (χ2v) is 18.4. The van der Waals surface area contributed by atoms with E-state index in [-0.39, 0.29) is 24.1 Å². The lowest BCUT2D eigenvalue weighted by atomic mass is 9.56. The first-order valence-electron chi connectivity index (χ1n) is 20.5. The van der Waals surface area contributed by atoms with Crippen LogP contribution in [-0.4, -0.2) is 61.6 Å². The molecule has 5 aromatic rings. The maximum absolute atomic E-state index is 13.1. The van der Waals surface area contributed by atoms with E-state index in [2.05, 4.69) is 86.1 Å². The molecular formula is C45H48ClN9O2S. The van der Waals surface area contributed by atoms with Gasteiger partial charge in [0.1, 0.15) is 28.7 Å². The number of hydrogen-bond donors (Lipinski definition) is 1. The topological polar surface area (TPSA) is 134 Å². The number of thiophene rings is 1. The molecule has 0 unspecified atom stereocenters. The first-order valence-corrected chi connectivity index (χ1v) is 21.7. The largest absolute Gasteiger partial charge is 0.490 e. The molecule has 5 heterocycles. The van der Waals surface area contributed by atoms with Gasteiger partial charge in [0.15, 0.2) is 5.82 Å². The molecule has 1 amide bonds. The maximum atomic E-state index is 13.1. The normalized spacial score (nSPS) is 21.3. The number of benzene rings is 2. The number of nitriles is 1. The van der Waals surface area contributed by atoms with E-state index < -0.39 is 0 Å². The molecule has 1 atom stereocenters. The fourth-order valence-corrected chi connectivity index (χ4v) is 11.0. The lowest BCUT2D eigenvalue weighted by Crippen LogP contribution is -2.48. The number of amides is 1. The summed E-state index contributed by atoms with van der Waals surface area (Å²) in [5, 5.41) is 22.7. The molecule has 1 saturated heterocycles. The summed E-state index contributed by atoms with van der Waals surface area (Å²) < 4.78 is 8.30. The molecule has 13 heteroatoms. The minimum atomic E-state index is -0.140. The molecule has 1 N–H and O–H groups in total. The Labute approximate surface area is 348 Å². The average molecular weight is 814 g/mol. The van der Waals surface area contributed by atoms with Gasteiger partial charge < -0.3 is 15.0 Å². The van der Waals surface area contributed by atoms with Gasteiger partial charge in [0.2, 0.25) is 5.95 Å². The van der Waals surface area contributed by atoms with Crippen molar-refractivity contribution in [1.29, 1.82) is 5.26 Å². The summed E-state index contributed by atoms with van der Waals surface area (Å²) >= 11 is 7.96. The zero-order valence-corrected chi connectivity index (χ0v) is 35.0. The Morgan fingerprint density at radius 1 is 1.02 bits per heavy atom. The lowest BCUT2D eigenvalue weighted by Gasteiger charge is -2.52. The SMILES string of the molecule is Cc1sc2c(c1C)C(c1ccc(CC3CC4(CCN(c5ncc(C(=O)NC6CCC(Oc7ccc(C#N)c(Cl)c7)CC6)cn5)CC4)C3)cc1)=N[C@@H](C)c1nnc(C)n1-2. The number of aliphatic imine (C=N–C) groups is 1. The van der Waals surface area contributed by atoms with Gasteiger partial charge >= 0.3 is 0 Å². The Balaban J connectivity index is 0.738. The van der Waals surface area contributed by atoms with Gasteiger partial charge in [0.05, 0.1) is 28.0 Å². The van der Waals surface area contributed by atoms with Crippen LogP contribution in [0.5, 0.6) is 5.75 Å².